The third-order valence-corrected chi connectivity index (χ3v) is 6.38. The largest absolute Gasteiger partial charge is 0.453 e. The van der Waals surface area contributed by atoms with Crippen molar-refractivity contribution in [1.29, 1.82) is 0 Å². The number of benzene rings is 1. The van der Waals surface area contributed by atoms with Crippen LogP contribution in [0.5, 0.6) is 0 Å². The van der Waals surface area contributed by atoms with Gasteiger partial charge in [0.25, 0.3) is 0 Å². The van der Waals surface area contributed by atoms with Crippen molar-refractivity contribution in [3.05, 3.63) is 48.3 Å². The summed E-state index contributed by atoms with van der Waals surface area (Å²) in [5.41, 5.74) is 3.41. The highest BCUT2D eigenvalue weighted by atomic mass is 16.5. The van der Waals surface area contributed by atoms with Crippen LogP contribution in [0.1, 0.15) is 18.9 Å². The molecule has 0 radical (unpaired) electrons. The first kappa shape index (κ1) is 18.6. The highest BCUT2D eigenvalue weighted by Gasteiger charge is 2.62. The van der Waals surface area contributed by atoms with Crippen molar-refractivity contribution in [2.45, 2.75) is 32.4 Å². The Hall–Kier alpha value is -3.42. The predicted molar refractivity (Wildman–Crippen MR) is 111 cm³/mol. The number of hydrogen-bond donors (Lipinski definition) is 1. The number of carbonyl (C=O) groups is 2. The Balaban J connectivity index is 1.39. The lowest BCUT2D eigenvalue weighted by Gasteiger charge is -2.26. The first-order chi connectivity index (χ1) is 14.5. The number of rotatable bonds is 3. The fraction of sp³-hybridized carbons (Fsp3) is 0.364. The van der Waals surface area contributed by atoms with Gasteiger partial charge in [0.05, 0.1) is 18.8 Å². The zero-order valence-corrected chi connectivity index (χ0v) is 17.1. The average Bonchev–Trinajstić information content (AvgIpc) is 3.13. The van der Waals surface area contributed by atoms with E-state index in [1.54, 1.807) is 15.6 Å². The monoisotopic (exact) mass is 405 g/mol. The van der Waals surface area contributed by atoms with Crippen molar-refractivity contribution in [1.82, 2.24) is 19.5 Å². The van der Waals surface area contributed by atoms with E-state index < -0.39 is 12.1 Å². The van der Waals surface area contributed by atoms with Gasteiger partial charge in [-0.2, -0.15) is 0 Å². The molecule has 2 amide bonds. The predicted octanol–water partition coefficient (Wildman–Crippen LogP) is 3.12. The summed E-state index contributed by atoms with van der Waals surface area (Å²) in [5.74, 6) is 1.17. The first-order valence-corrected chi connectivity index (χ1v) is 10.1. The summed E-state index contributed by atoms with van der Waals surface area (Å²) in [6.07, 6.45) is 3.87. The number of likely N-dealkylation sites (tertiary alicyclic amines) is 1. The Bertz CT molecular complexity index is 1160. The molecule has 2 fully saturated rings. The summed E-state index contributed by atoms with van der Waals surface area (Å²) in [4.78, 5) is 31.3. The minimum atomic E-state index is -0.513. The number of aryl methyl sites for hydroxylation is 1. The van der Waals surface area contributed by atoms with Gasteiger partial charge in [-0.25, -0.2) is 14.3 Å². The van der Waals surface area contributed by atoms with Gasteiger partial charge in [-0.3, -0.25) is 9.69 Å². The van der Waals surface area contributed by atoms with Gasteiger partial charge in [-0.1, -0.05) is 13.0 Å². The molecule has 3 heterocycles. The molecule has 4 atom stereocenters. The van der Waals surface area contributed by atoms with E-state index in [0.29, 0.717) is 29.8 Å². The molecule has 1 aliphatic heterocycles. The maximum atomic E-state index is 13.0. The molecule has 8 nitrogen and oxygen atoms in total. The number of fused-ring (bicyclic) bond motifs is 2. The molecule has 3 unspecified atom stereocenters. The number of hydrogen-bond acceptors (Lipinski definition) is 5. The van der Waals surface area contributed by atoms with E-state index in [1.165, 1.54) is 7.11 Å². The minimum absolute atomic E-state index is 0.100. The van der Waals surface area contributed by atoms with Gasteiger partial charge in [-0.05, 0) is 55.0 Å². The number of ether oxygens (including phenoxy) is 1. The maximum Gasteiger partial charge on any atom is 0.410 e. The number of anilines is 1. The second-order valence-corrected chi connectivity index (χ2v) is 8.12. The fourth-order valence-electron chi connectivity index (χ4n) is 4.63. The zero-order valence-electron chi connectivity index (χ0n) is 17.1. The molecule has 154 valence electrons. The van der Waals surface area contributed by atoms with E-state index in [2.05, 4.69) is 22.3 Å². The highest BCUT2D eigenvalue weighted by Crippen LogP contribution is 2.53. The molecule has 8 heteroatoms. The van der Waals surface area contributed by atoms with Crippen LogP contribution in [0.25, 0.3) is 16.9 Å². The minimum Gasteiger partial charge on any atom is -0.453 e. The van der Waals surface area contributed by atoms with E-state index in [1.807, 2.05) is 43.5 Å². The number of carbonyl (C=O) groups excluding carboxylic acids is 2. The lowest BCUT2D eigenvalue weighted by Crippen LogP contribution is -2.46. The van der Waals surface area contributed by atoms with E-state index in [-0.39, 0.29) is 11.9 Å². The summed E-state index contributed by atoms with van der Waals surface area (Å²) in [6.45, 7) is 4.09. The molecular weight excluding hydrogens is 382 g/mol. The van der Waals surface area contributed by atoms with Crippen molar-refractivity contribution in [3.8, 4) is 11.4 Å². The van der Waals surface area contributed by atoms with Crippen molar-refractivity contribution in [2.24, 2.45) is 11.8 Å². The van der Waals surface area contributed by atoms with Gasteiger partial charge in [0.15, 0.2) is 5.82 Å². The standard InChI is InChI=1S/C22H23N5O3/c1-12-6-7-14(9-16(12)20-23-11-15-5-4-8-26(15)25-20)24-21(28)18-10-17-13(2)19(17)27(18)22(29)30-3/h4-9,11,13,17-19H,10H2,1-3H3,(H,24,28)/t13?,17?,18-,19?/m1/s1. The Kier molecular flexibility index (Phi) is 4.23. The van der Waals surface area contributed by atoms with Gasteiger partial charge in [0, 0.05) is 23.5 Å². The molecule has 30 heavy (non-hydrogen) atoms. The highest BCUT2D eigenvalue weighted by molar-refractivity contribution is 5.97. The molecule has 3 aromatic rings. The summed E-state index contributed by atoms with van der Waals surface area (Å²) >= 11 is 0. The normalized spacial score (nSPS) is 24.6. The summed E-state index contributed by atoms with van der Waals surface area (Å²) < 4.78 is 6.69. The molecule has 1 aromatic carbocycles. The van der Waals surface area contributed by atoms with Crippen LogP contribution in [0.3, 0.4) is 0 Å². The van der Waals surface area contributed by atoms with Gasteiger partial charge >= 0.3 is 6.09 Å². The smallest absolute Gasteiger partial charge is 0.410 e. The second-order valence-electron chi connectivity index (χ2n) is 8.12. The maximum absolute atomic E-state index is 13.0. The lowest BCUT2D eigenvalue weighted by molar-refractivity contribution is -0.120. The SMILES string of the molecule is COC(=O)N1C2C(C)C2C[C@@H]1C(=O)Nc1ccc(C)c(-c2ncc3cccn3n2)c1. The number of amides is 2. The summed E-state index contributed by atoms with van der Waals surface area (Å²) in [6, 6.07) is 9.10. The van der Waals surface area contributed by atoms with Crippen molar-refractivity contribution in [3.63, 3.8) is 0 Å². The molecule has 1 saturated carbocycles. The van der Waals surface area contributed by atoms with Crippen LogP contribution >= 0.6 is 0 Å². The molecule has 1 saturated heterocycles. The molecular formula is C22H23N5O3. The van der Waals surface area contributed by atoms with Crippen LogP contribution in [0.2, 0.25) is 0 Å². The average molecular weight is 405 g/mol. The Labute approximate surface area is 173 Å². The first-order valence-electron chi connectivity index (χ1n) is 10.1. The second kappa shape index (κ2) is 6.83. The van der Waals surface area contributed by atoms with E-state index in [0.717, 1.165) is 16.6 Å². The fourth-order valence-corrected chi connectivity index (χ4v) is 4.63. The van der Waals surface area contributed by atoms with E-state index in [4.69, 9.17) is 4.74 Å². The van der Waals surface area contributed by atoms with Crippen molar-refractivity contribution < 1.29 is 14.3 Å². The van der Waals surface area contributed by atoms with E-state index in [9.17, 15) is 9.59 Å². The lowest BCUT2D eigenvalue weighted by atomic mass is 10.1. The zero-order chi connectivity index (χ0) is 21.0. The Morgan fingerprint density at radius 3 is 2.90 bits per heavy atom. The number of methoxy groups -OCH3 is 1. The Morgan fingerprint density at radius 2 is 2.10 bits per heavy atom. The number of aromatic nitrogens is 3. The van der Waals surface area contributed by atoms with Gasteiger partial charge in [0.2, 0.25) is 5.91 Å². The number of nitrogens with one attached hydrogen (secondary N) is 1. The van der Waals surface area contributed by atoms with Crippen LogP contribution in [-0.4, -0.2) is 50.7 Å². The Morgan fingerprint density at radius 1 is 1.27 bits per heavy atom. The number of piperidine rings is 1. The van der Waals surface area contributed by atoms with Crippen LogP contribution in [-0.2, 0) is 9.53 Å². The van der Waals surface area contributed by atoms with E-state index >= 15 is 0 Å². The summed E-state index contributed by atoms with van der Waals surface area (Å²) in [5, 5.41) is 7.53. The quantitative estimate of drug-likeness (QED) is 0.723. The molecule has 2 aromatic heterocycles. The number of nitrogens with zero attached hydrogens (tertiary/aromatic N) is 4. The third kappa shape index (κ3) is 2.91. The summed E-state index contributed by atoms with van der Waals surface area (Å²) in [7, 11) is 1.35. The topological polar surface area (TPSA) is 88.8 Å². The van der Waals surface area contributed by atoms with Crippen molar-refractivity contribution >= 4 is 23.2 Å². The van der Waals surface area contributed by atoms with Gasteiger partial charge in [-0.15, -0.1) is 5.10 Å². The van der Waals surface area contributed by atoms with Gasteiger partial charge in [0.1, 0.15) is 6.04 Å². The molecule has 0 bridgehead atoms. The molecule has 1 aliphatic carbocycles. The van der Waals surface area contributed by atoms with Crippen LogP contribution in [0.4, 0.5) is 10.5 Å². The molecule has 0 spiro atoms. The third-order valence-electron chi connectivity index (χ3n) is 6.38. The van der Waals surface area contributed by atoms with Gasteiger partial charge < -0.3 is 10.1 Å². The molecule has 1 N–H and O–H groups in total. The molecule has 2 aliphatic rings. The van der Waals surface area contributed by atoms with Crippen molar-refractivity contribution in [2.75, 3.05) is 12.4 Å². The van der Waals surface area contributed by atoms with Crippen LogP contribution in [0.15, 0.2) is 42.7 Å². The molecule has 5 rings (SSSR count). The van der Waals surface area contributed by atoms with Crippen LogP contribution < -0.4 is 5.32 Å². The van der Waals surface area contributed by atoms with Crippen LogP contribution in [0, 0.1) is 18.8 Å².